The minimum Gasteiger partial charge on any atom is -0.441 e. The molecule has 0 aliphatic carbocycles. The Labute approximate surface area is 150 Å². The van der Waals surface area contributed by atoms with Gasteiger partial charge in [-0.05, 0) is 36.2 Å². The number of cyclic esters (lactones) is 1. The first kappa shape index (κ1) is 16.5. The molecule has 0 saturated carbocycles. The van der Waals surface area contributed by atoms with Gasteiger partial charge in [0, 0.05) is 30.4 Å². The summed E-state index contributed by atoms with van der Waals surface area (Å²) in [4.78, 5) is 31.3. The van der Waals surface area contributed by atoms with E-state index in [9.17, 15) is 9.59 Å². The first-order valence-corrected chi connectivity index (χ1v) is 8.61. The van der Waals surface area contributed by atoms with E-state index in [1.807, 2.05) is 36.4 Å². The Morgan fingerprint density at radius 3 is 2.42 bits per heavy atom. The Morgan fingerprint density at radius 1 is 1.08 bits per heavy atom. The van der Waals surface area contributed by atoms with Crippen LogP contribution in [0.5, 0.6) is 0 Å². The average Bonchev–Trinajstić information content (AvgIpc) is 3.27. The molecule has 2 aliphatic heterocycles. The van der Waals surface area contributed by atoms with Gasteiger partial charge in [0.25, 0.3) is 0 Å². The van der Waals surface area contributed by atoms with Crippen LogP contribution < -0.4 is 9.80 Å². The van der Waals surface area contributed by atoms with Crippen molar-refractivity contribution >= 4 is 23.5 Å². The average molecular weight is 353 g/mol. The third-order valence-electron chi connectivity index (χ3n) is 4.69. The van der Waals surface area contributed by atoms with Crippen LogP contribution in [0.15, 0.2) is 42.6 Å². The number of aromatic nitrogens is 1. The van der Waals surface area contributed by atoms with Crippen molar-refractivity contribution in [1.82, 2.24) is 4.98 Å². The van der Waals surface area contributed by atoms with Gasteiger partial charge in [-0.2, -0.15) is 0 Å². The molecule has 0 radical (unpaired) electrons. The molecule has 2 aliphatic rings. The molecule has 1 N–H and O–H groups in total. The largest absolute Gasteiger partial charge is 0.441 e. The van der Waals surface area contributed by atoms with Gasteiger partial charge in [-0.3, -0.25) is 14.6 Å². The molecule has 1 aromatic carbocycles. The molecule has 7 nitrogen and oxygen atoms in total. The number of hydrogen-bond acceptors (Lipinski definition) is 5. The Morgan fingerprint density at radius 2 is 1.85 bits per heavy atom. The summed E-state index contributed by atoms with van der Waals surface area (Å²) in [6, 6.07) is 11.3. The van der Waals surface area contributed by atoms with E-state index in [0.717, 1.165) is 29.8 Å². The number of aliphatic hydroxyl groups excluding tert-OH is 1. The van der Waals surface area contributed by atoms with Crippen LogP contribution in [0, 0.1) is 0 Å². The van der Waals surface area contributed by atoms with Crippen molar-refractivity contribution in [1.29, 1.82) is 0 Å². The lowest BCUT2D eigenvalue weighted by atomic mass is 10.1. The fraction of sp³-hybridized carbons (Fsp3) is 0.316. The van der Waals surface area contributed by atoms with E-state index in [1.54, 1.807) is 11.1 Å². The van der Waals surface area contributed by atoms with Crippen molar-refractivity contribution in [3.8, 4) is 11.1 Å². The number of pyridine rings is 1. The van der Waals surface area contributed by atoms with Crippen LogP contribution in [0.1, 0.15) is 12.8 Å². The molecule has 2 saturated heterocycles. The van der Waals surface area contributed by atoms with E-state index < -0.39 is 12.2 Å². The van der Waals surface area contributed by atoms with Crippen LogP contribution in [-0.4, -0.2) is 47.9 Å². The first-order chi connectivity index (χ1) is 12.7. The van der Waals surface area contributed by atoms with Gasteiger partial charge in [0.2, 0.25) is 5.91 Å². The van der Waals surface area contributed by atoms with Crippen molar-refractivity contribution in [2.24, 2.45) is 0 Å². The third kappa shape index (κ3) is 3.01. The van der Waals surface area contributed by atoms with E-state index in [0.29, 0.717) is 18.8 Å². The summed E-state index contributed by atoms with van der Waals surface area (Å²) in [7, 11) is 0. The number of carbonyl (C=O) groups excluding carboxylic acids is 2. The van der Waals surface area contributed by atoms with E-state index in [2.05, 4.69) is 4.98 Å². The summed E-state index contributed by atoms with van der Waals surface area (Å²) in [5, 5.41) is 9.12. The second-order valence-electron chi connectivity index (χ2n) is 6.40. The quantitative estimate of drug-likeness (QED) is 0.911. The van der Waals surface area contributed by atoms with Crippen molar-refractivity contribution < 1.29 is 19.4 Å². The van der Waals surface area contributed by atoms with Crippen LogP contribution >= 0.6 is 0 Å². The predicted octanol–water partition coefficient (Wildman–Crippen LogP) is 2.19. The van der Waals surface area contributed by atoms with Crippen LogP contribution in [0.25, 0.3) is 11.1 Å². The van der Waals surface area contributed by atoms with Crippen LogP contribution in [0.2, 0.25) is 0 Å². The SMILES string of the molecule is O=C1O[C@@H](CO)CN1c1ccc(-c2ccc(N3CCCC3=O)nc2)cc1. The lowest BCUT2D eigenvalue weighted by Gasteiger charge is -2.15. The van der Waals surface area contributed by atoms with Crippen LogP contribution in [0.3, 0.4) is 0 Å². The first-order valence-electron chi connectivity index (χ1n) is 8.61. The van der Waals surface area contributed by atoms with Gasteiger partial charge in [-0.15, -0.1) is 0 Å². The van der Waals surface area contributed by atoms with E-state index in [1.165, 1.54) is 4.90 Å². The van der Waals surface area contributed by atoms with Gasteiger partial charge in [0.15, 0.2) is 0 Å². The molecule has 7 heteroatoms. The molecule has 0 unspecified atom stereocenters. The highest BCUT2D eigenvalue weighted by molar-refractivity contribution is 5.94. The molecule has 2 fully saturated rings. The zero-order valence-electron chi connectivity index (χ0n) is 14.2. The third-order valence-corrected chi connectivity index (χ3v) is 4.69. The fourth-order valence-corrected chi connectivity index (χ4v) is 3.27. The van der Waals surface area contributed by atoms with Crippen molar-refractivity contribution in [2.75, 3.05) is 29.5 Å². The fourth-order valence-electron chi connectivity index (χ4n) is 3.27. The number of rotatable bonds is 4. The second kappa shape index (κ2) is 6.76. The summed E-state index contributed by atoms with van der Waals surface area (Å²) >= 11 is 0. The maximum absolute atomic E-state index is 11.8. The molecular weight excluding hydrogens is 334 g/mol. The maximum atomic E-state index is 11.8. The van der Waals surface area contributed by atoms with E-state index in [-0.39, 0.29) is 12.5 Å². The molecule has 3 heterocycles. The molecule has 0 bridgehead atoms. The van der Waals surface area contributed by atoms with Crippen molar-refractivity contribution in [3.63, 3.8) is 0 Å². The Hall–Kier alpha value is -2.93. The summed E-state index contributed by atoms with van der Waals surface area (Å²) in [6.07, 6.45) is 2.29. The Bertz CT molecular complexity index is 820. The summed E-state index contributed by atoms with van der Waals surface area (Å²) in [5.41, 5.74) is 2.62. The summed E-state index contributed by atoms with van der Waals surface area (Å²) < 4.78 is 5.06. The van der Waals surface area contributed by atoms with Gasteiger partial charge >= 0.3 is 6.09 Å². The minimum atomic E-state index is -0.479. The van der Waals surface area contributed by atoms with E-state index >= 15 is 0 Å². The highest BCUT2D eigenvalue weighted by Gasteiger charge is 2.31. The molecule has 134 valence electrons. The number of anilines is 2. The highest BCUT2D eigenvalue weighted by atomic mass is 16.6. The summed E-state index contributed by atoms with van der Waals surface area (Å²) in [5.74, 6) is 0.802. The van der Waals surface area contributed by atoms with Crippen LogP contribution in [0.4, 0.5) is 16.3 Å². The van der Waals surface area contributed by atoms with Crippen molar-refractivity contribution in [3.05, 3.63) is 42.6 Å². The lowest BCUT2D eigenvalue weighted by Crippen LogP contribution is -2.25. The molecule has 0 spiro atoms. The molecule has 4 rings (SSSR count). The maximum Gasteiger partial charge on any atom is 0.414 e. The van der Waals surface area contributed by atoms with Gasteiger partial charge in [-0.1, -0.05) is 12.1 Å². The number of hydrogen-bond donors (Lipinski definition) is 1. The standard InChI is InChI=1S/C19H19N3O4/c23-12-16-11-22(19(25)26-16)15-6-3-13(4-7-15)14-5-8-17(20-10-14)21-9-1-2-18(21)24/h3-8,10,16,23H,1-2,9,11-12H2/t16-/m1/s1. The van der Waals surface area contributed by atoms with E-state index in [4.69, 9.17) is 9.84 Å². The molecule has 1 aromatic heterocycles. The molecule has 1 atom stereocenters. The highest BCUT2D eigenvalue weighted by Crippen LogP contribution is 2.27. The number of nitrogens with zero attached hydrogens (tertiary/aromatic N) is 3. The predicted molar refractivity (Wildman–Crippen MR) is 96.0 cm³/mol. The molecular formula is C19H19N3O4. The Balaban J connectivity index is 1.50. The smallest absolute Gasteiger partial charge is 0.414 e. The summed E-state index contributed by atoms with van der Waals surface area (Å²) in [6.45, 7) is 0.882. The van der Waals surface area contributed by atoms with Gasteiger partial charge in [-0.25, -0.2) is 9.78 Å². The second-order valence-corrected chi connectivity index (χ2v) is 6.40. The number of amides is 2. The molecule has 2 amide bonds. The molecule has 2 aromatic rings. The van der Waals surface area contributed by atoms with Crippen LogP contribution in [-0.2, 0) is 9.53 Å². The zero-order valence-corrected chi connectivity index (χ0v) is 14.2. The zero-order chi connectivity index (χ0) is 18.1. The monoisotopic (exact) mass is 353 g/mol. The van der Waals surface area contributed by atoms with Gasteiger partial charge < -0.3 is 9.84 Å². The Kier molecular flexibility index (Phi) is 4.30. The topological polar surface area (TPSA) is 83.0 Å². The minimum absolute atomic E-state index is 0.119. The number of ether oxygens (including phenoxy) is 1. The number of benzene rings is 1. The number of carbonyl (C=O) groups is 2. The number of aliphatic hydroxyl groups is 1. The van der Waals surface area contributed by atoms with Crippen molar-refractivity contribution in [2.45, 2.75) is 18.9 Å². The lowest BCUT2D eigenvalue weighted by molar-refractivity contribution is -0.117. The van der Waals surface area contributed by atoms with Gasteiger partial charge in [0.1, 0.15) is 11.9 Å². The van der Waals surface area contributed by atoms with Gasteiger partial charge in [0.05, 0.1) is 13.2 Å². The normalized spacial score (nSPS) is 20.0. The molecule has 26 heavy (non-hydrogen) atoms.